The first-order chi connectivity index (χ1) is 6.79. The van der Waals surface area contributed by atoms with Crippen molar-refractivity contribution in [1.29, 1.82) is 0 Å². The molecule has 0 aliphatic rings. The lowest BCUT2D eigenvalue weighted by Gasteiger charge is -1.93. The van der Waals surface area contributed by atoms with Gasteiger partial charge in [0.1, 0.15) is 11.4 Å². The summed E-state index contributed by atoms with van der Waals surface area (Å²) in [6.07, 6.45) is 0.665. The molecule has 0 spiro atoms. The van der Waals surface area contributed by atoms with Crippen molar-refractivity contribution in [3.8, 4) is 10.6 Å². The third-order valence-electron chi connectivity index (χ3n) is 1.63. The summed E-state index contributed by atoms with van der Waals surface area (Å²) >= 11 is 7.21. The standard InChI is InChI=1S/C9H5ClN2OS/c10-9-4-3-8(14-9)7-2-1-6(5-13)11-12-7/h1-5H. The van der Waals surface area contributed by atoms with Crippen LogP contribution in [0, 0.1) is 0 Å². The van der Waals surface area contributed by atoms with Crippen molar-refractivity contribution in [2.24, 2.45) is 0 Å². The minimum Gasteiger partial charge on any atom is -0.296 e. The summed E-state index contributed by atoms with van der Waals surface area (Å²) in [6.45, 7) is 0. The molecular weight excluding hydrogens is 220 g/mol. The highest BCUT2D eigenvalue weighted by molar-refractivity contribution is 7.19. The Morgan fingerprint density at radius 2 is 2.07 bits per heavy atom. The fourth-order valence-corrected chi connectivity index (χ4v) is 2.00. The SMILES string of the molecule is O=Cc1ccc(-c2ccc(Cl)s2)nn1. The molecule has 0 radical (unpaired) electrons. The Hall–Kier alpha value is -1.26. The van der Waals surface area contributed by atoms with Crippen molar-refractivity contribution in [1.82, 2.24) is 10.2 Å². The van der Waals surface area contributed by atoms with Crippen LogP contribution in [0.15, 0.2) is 24.3 Å². The number of nitrogens with zero attached hydrogens (tertiary/aromatic N) is 2. The molecule has 0 atom stereocenters. The summed E-state index contributed by atoms with van der Waals surface area (Å²) in [5.74, 6) is 0. The van der Waals surface area contributed by atoms with E-state index in [0.29, 0.717) is 16.3 Å². The van der Waals surface area contributed by atoms with Gasteiger partial charge in [-0.3, -0.25) is 4.79 Å². The Labute approximate surface area is 89.4 Å². The van der Waals surface area contributed by atoms with Gasteiger partial charge in [-0.05, 0) is 24.3 Å². The van der Waals surface area contributed by atoms with Gasteiger partial charge in [-0.15, -0.1) is 21.5 Å². The minimum atomic E-state index is 0.330. The van der Waals surface area contributed by atoms with E-state index in [4.69, 9.17) is 11.6 Å². The number of hydrogen-bond donors (Lipinski definition) is 0. The predicted molar refractivity (Wildman–Crippen MR) is 55.7 cm³/mol. The zero-order chi connectivity index (χ0) is 9.97. The molecule has 2 rings (SSSR count). The van der Waals surface area contributed by atoms with Crippen molar-refractivity contribution < 1.29 is 4.79 Å². The van der Waals surface area contributed by atoms with Crippen LogP contribution < -0.4 is 0 Å². The number of hydrogen-bond acceptors (Lipinski definition) is 4. The summed E-state index contributed by atoms with van der Waals surface area (Å²) in [5, 5.41) is 7.63. The van der Waals surface area contributed by atoms with Crippen molar-refractivity contribution in [3.63, 3.8) is 0 Å². The summed E-state index contributed by atoms with van der Waals surface area (Å²) < 4.78 is 0.710. The van der Waals surface area contributed by atoms with Crippen LogP contribution in [0.2, 0.25) is 4.34 Å². The van der Waals surface area contributed by atoms with Crippen LogP contribution in [0.5, 0.6) is 0 Å². The number of thiophene rings is 1. The average molecular weight is 225 g/mol. The number of aromatic nitrogens is 2. The second-order valence-corrected chi connectivity index (χ2v) is 4.28. The van der Waals surface area contributed by atoms with Crippen LogP contribution in [0.3, 0.4) is 0 Å². The molecule has 5 heteroatoms. The van der Waals surface area contributed by atoms with E-state index in [1.54, 1.807) is 18.2 Å². The molecular formula is C9H5ClN2OS. The molecule has 14 heavy (non-hydrogen) atoms. The maximum absolute atomic E-state index is 10.3. The summed E-state index contributed by atoms with van der Waals surface area (Å²) in [6, 6.07) is 7.05. The van der Waals surface area contributed by atoms with Crippen LogP contribution >= 0.6 is 22.9 Å². The van der Waals surface area contributed by atoms with Gasteiger partial charge in [0.05, 0.1) is 9.21 Å². The zero-order valence-corrected chi connectivity index (χ0v) is 8.55. The molecule has 0 aliphatic heterocycles. The van der Waals surface area contributed by atoms with Gasteiger partial charge in [-0.2, -0.15) is 0 Å². The highest BCUT2D eigenvalue weighted by Gasteiger charge is 2.03. The third kappa shape index (κ3) is 1.81. The van der Waals surface area contributed by atoms with E-state index < -0.39 is 0 Å². The molecule has 0 amide bonds. The molecule has 0 N–H and O–H groups in total. The van der Waals surface area contributed by atoms with E-state index in [1.807, 2.05) is 6.07 Å². The first-order valence-electron chi connectivity index (χ1n) is 3.84. The highest BCUT2D eigenvalue weighted by Crippen LogP contribution is 2.29. The van der Waals surface area contributed by atoms with E-state index in [9.17, 15) is 4.79 Å². The van der Waals surface area contributed by atoms with E-state index >= 15 is 0 Å². The normalized spacial score (nSPS) is 10.1. The number of carbonyl (C=O) groups is 1. The molecule has 0 bridgehead atoms. The van der Waals surface area contributed by atoms with Gasteiger partial charge < -0.3 is 0 Å². The molecule has 0 fully saturated rings. The van der Waals surface area contributed by atoms with Gasteiger partial charge in [-0.25, -0.2) is 0 Å². The quantitative estimate of drug-likeness (QED) is 0.737. The lowest BCUT2D eigenvalue weighted by molar-refractivity contribution is 0.111. The van der Waals surface area contributed by atoms with Crippen molar-refractivity contribution in [2.75, 3.05) is 0 Å². The Morgan fingerprint density at radius 1 is 1.21 bits per heavy atom. The lowest BCUT2D eigenvalue weighted by Crippen LogP contribution is -1.90. The number of rotatable bonds is 2. The van der Waals surface area contributed by atoms with Crippen LogP contribution in [-0.2, 0) is 0 Å². The number of halogens is 1. The van der Waals surface area contributed by atoms with Gasteiger partial charge in [0.25, 0.3) is 0 Å². The van der Waals surface area contributed by atoms with Crippen molar-refractivity contribution in [2.45, 2.75) is 0 Å². The largest absolute Gasteiger partial charge is 0.296 e. The first-order valence-corrected chi connectivity index (χ1v) is 5.03. The monoisotopic (exact) mass is 224 g/mol. The molecule has 0 aromatic carbocycles. The van der Waals surface area contributed by atoms with E-state index in [0.717, 1.165) is 10.6 Å². The van der Waals surface area contributed by atoms with Gasteiger partial charge in [0, 0.05) is 0 Å². The summed E-state index contributed by atoms with van der Waals surface area (Å²) in [5.41, 5.74) is 1.06. The zero-order valence-electron chi connectivity index (χ0n) is 6.98. The topological polar surface area (TPSA) is 42.9 Å². The first kappa shape index (κ1) is 9.30. The number of carbonyl (C=O) groups excluding carboxylic acids is 1. The smallest absolute Gasteiger partial charge is 0.170 e. The average Bonchev–Trinajstić information content (AvgIpc) is 2.65. The highest BCUT2D eigenvalue weighted by atomic mass is 35.5. The van der Waals surface area contributed by atoms with Gasteiger partial charge in [0.2, 0.25) is 0 Å². The molecule has 3 nitrogen and oxygen atoms in total. The Bertz CT molecular complexity index is 452. The molecule has 0 saturated carbocycles. The van der Waals surface area contributed by atoms with Crippen LogP contribution in [0.1, 0.15) is 10.5 Å². The van der Waals surface area contributed by atoms with Crippen molar-refractivity contribution in [3.05, 3.63) is 34.3 Å². The molecule has 0 aliphatic carbocycles. The Morgan fingerprint density at radius 3 is 2.57 bits per heavy atom. The molecule has 2 aromatic heterocycles. The van der Waals surface area contributed by atoms with Crippen LogP contribution in [0.25, 0.3) is 10.6 Å². The maximum atomic E-state index is 10.3. The minimum absolute atomic E-state index is 0.330. The molecule has 2 heterocycles. The summed E-state index contributed by atoms with van der Waals surface area (Å²) in [7, 11) is 0. The molecule has 70 valence electrons. The van der Waals surface area contributed by atoms with E-state index in [1.165, 1.54) is 11.3 Å². The van der Waals surface area contributed by atoms with Crippen LogP contribution in [-0.4, -0.2) is 16.5 Å². The third-order valence-corrected chi connectivity index (χ3v) is 2.89. The predicted octanol–water partition coefficient (Wildman–Crippen LogP) is 2.67. The number of aldehydes is 1. The lowest BCUT2D eigenvalue weighted by atomic mass is 10.3. The van der Waals surface area contributed by atoms with E-state index in [2.05, 4.69) is 10.2 Å². The van der Waals surface area contributed by atoms with Gasteiger partial charge >= 0.3 is 0 Å². The molecule has 0 unspecified atom stereocenters. The van der Waals surface area contributed by atoms with Gasteiger partial charge in [-0.1, -0.05) is 11.6 Å². The fourth-order valence-electron chi connectivity index (χ4n) is 0.989. The second kappa shape index (κ2) is 3.86. The second-order valence-electron chi connectivity index (χ2n) is 2.57. The maximum Gasteiger partial charge on any atom is 0.170 e. The van der Waals surface area contributed by atoms with Gasteiger partial charge in [0.15, 0.2) is 6.29 Å². The fraction of sp³-hybridized carbons (Fsp3) is 0. The van der Waals surface area contributed by atoms with E-state index in [-0.39, 0.29) is 0 Å². The Kier molecular flexibility index (Phi) is 2.56. The van der Waals surface area contributed by atoms with Crippen molar-refractivity contribution >= 4 is 29.2 Å². The molecule has 0 saturated heterocycles. The molecule has 2 aromatic rings. The van der Waals surface area contributed by atoms with Crippen LogP contribution in [0.4, 0.5) is 0 Å². The Balaban J connectivity index is 2.38. The summed E-state index contributed by atoms with van der Waals surface area (Å²) in [4.78, 5) is 11.3.